The van der Waals surface area contributed by atoms with E-state index in [2.05, 4.69) is 9.88 Å². The van der Waals surface area contributed by atoms with E-state index in [4.69, 9.17) is 0 Å². The van der Waals surface area contributed by atoms with E-state index in [1.165, 1.54) is 6.07 Å². The summed E-state index contributed by atoms with van der Waals surface area (Å²) in [6, 6.07) is 16.4. The van der Waals surface area contributed by atoms with Crippen LogP contribution in [0.3, 0.4) is 0 Å². The molecule has 1 aliphatic heterocycles. The lowest BCUT2D eigenvalue weighted by atomic mass is 10.1. The van der Waals surface area contributed by atoms with Gasteiger partial charge < -0.3 is 4.90 Å². The highest BCUT2D eigenvalue weighted by molar-refractivity contribution is 5.97. The summed E-state index contributed by atoms with van der Waals surface area (Å²) in [5.74, 6) is -0.118. The number of rotatable bonds is 3. The Bertz CT molecular complexity index is 959. The Kier molecular flexibility index (Phi) is 5.12. The normalized spacial score (nSPS) is 15.7. The Hall–Kier alpha value is -2.79. The largest absolute Gasteiger partial charge is 0.337 e. The molecule has 1 amide bonds. The van der Waals surface area contributed by atoms with Gasteiger partial charge in [0.25, 0.3) is 5.91 Å². The number of hydrogen-bond donors (Lipinski definition) is 0. The summed E-state index contributed by atoms with van der Waals surface area (Å²) in [5, 5.41) is 0.972. The van der Waals surface area contributed by atoms with Crippen LogP contribution in [-0.2, 0) is 6.54 Å². The zero-order valence-electron chi connectivity index (χ0n) is 15.1. The topological polar surface area (TPSA) is 36.4 Å². The molecule has 1 saturated heterocycles. The lowest BCUT2D eigenvalue weighted by Crippen LogP contribution is -2.35. The minimum Gasteiger partial charge on any atom is -0.337 e. The smallest absolute Gasteiger partial charge is 0.253 e. The van der Waals surface area contributed by atoms with Gasteiger partial charge in [-0.3, -0.25) is 14.7 Å². The maximum absolute atomic E-state index is 13.9. The molecule has 5 heteroatoms. The first kappa shape index (κ1) is 17.6. The molecule has 1 aromatic heterocycles. The molecule has 0 unspecified atom stereocenters. The van der Waals surface area contributed by atoms with E-state index < -0.39 is 0 Å². The van der Waals surface area contributed by atoms with E-state index in [-0.39, 0.29) is 11.7 Å². The van der Waals surface area contributed by atoms with E-state index in [0.29, 0.717) is 24.2 Å². The third kappa shape index (κ3) is 3.98. The maximum atomic E-state index is 13.9. The summed E-state index contributed by atoms with van der Waals surface area (Å²) in [6.07, 6.45) is 2.64. The highest BCUT2D eigenvalue weighted by Gasteiger charge is 2.21. The molecule has 1 aliphatic rings. The molecule has 0 atom stereocenters. The van der Waals surface area contributed by atoms with E-state index in [9.17, 15) is 9.18 Å². The summed E-state index contributed by atoms with van der Waals surface area (Å²) in [5.41, 5.74) is 2.29. The second-order valence-corrected chi connectivity index (χ2v) is 6.92. The summed E-state index contributed by atoms with van der Waals surface area (Å²) < 4.78 is 13.9. The van der Waals surface area contributed by atoms with Crippen LogP contribution in [0.1, 0.15) is 22.3 Å². The molecule has 0 spiro atoms. The molecule has 2 heterocycles. The zero-order chi connectivity index (χ0) is 18.6. The molecule has 0 saturated carbocycles. The van der Waals surface area contributed by atoms with Crippen LogP contribution >= 0.6 is 0 Å². The van der Waals surface area contributed by atoms with Gasteiger partial charge >= 0.3 is 0 Å². The van der Waals surface area contributed by atoms with Crippen molar-refractivity contribution in [2.45, 2.75) is 13.0 Å². The van der Waals surface area contributed by atoms with Crippen molar-refractivity contribution in [3.63, 3.8) is 0 Å². The number of fused-ring (bicyclic) bond motifs is 1. The molecule has 0 aliphatic carbocycles. The van der Waals surface area contributed by atoms with Crippen LogP contribution in [0.25, 0.3) is 10.9 Å². The van der Waals surface area contributed by atoms with E-state index in [0.717, 1.165) is 37.0 Å². The fourth-order valence-corrected chi connectivity index (χ4v) is 3.59. The van der Waals surface area contributed by atoms with E-state index in [1.807, 2.05) is 47.4 Å². The summed E-state index contributed by atoms with van der Waals surface area (Å²) in [4.78, 5) is 21.4. The molecule has 0 radical (unpaired) electrons. The SMILES string of the molecule is O=C(c1ccc2ncccc2c1)N1CCCN(Cc2ccccc2F)CC1. The predicted molar refractivity (Wildman–Crippen MR) is 104 cm³/mol. The molecule has 27 heavy (non-hydrogen) atoms. The minimum absolute atomic E-state index is 0.0495. The van der Waals surface area contributed by atoms with Crippen molar-refractivity contribution in [3.8, 4) is 0 Å². The number of nitrogens with zero attached hydrogens (tertiary/aromatic N) is 3. The number of amides is 1. The second kappa shape index (κ2) is 7.84. The van der Waals surface area contributed by atoms with Crippen molar-refractivity contribution in [3.05, 3.63) is 77.7 Å². The van der Waals surface area contributed by atoms with E-state index in [1.54, 1.807) is 12.3 Å². The Morgan fingerprint density at radius 2 is 1.89 bits per heavy atom. The van der Waals surface area contributed by atoms with Crippen LogP contribution in [0.15, 0.2) is 60.8 Å². The third-order valence-electron chi connectivity index (χ3n) is 5.08. The third-order valence-corrected chi connectivity index (χ3v) is 5.08. The van der Waals surface area contributed by atoms with Gasteiger partial charge in [0, 0.05) is 55.4 Å². The second-order valence-electron chi connectivity index (χ2n) is 6.92. The van der Waals surface area contributed by atoms with Crippen LogP contribution < -0.4 is 0 Å². The van der Waals surface area contributed by atoms with Gasteiger partial charge in [-0.05, 0) is 36.8 Å². The van der Waals surface area contributed by atoms with Gasteiger partial charge in [0.15, 0.2) is 0 Å². The number of hydrogen-bond acceptors (Lipinski definition) is 3. The molecule has 2 aromatic carbocycles. The highest BCUT2D eigenvalue weighted by Crippen LogP contribution is 2.17. The average molecular weight is 363 g/mol. The quantitative estimate of drug-likeness (QED) is 0.712. The molecule has 138 valence electrons. The van der Waals surface area contributed by atoms with Gasteiger partial charge in [0.05, 0.1) is 5.52 Å². The van der Waals surface area contributed by atoms with Crippen LogP contribution in [0, 0.1) is 5.82 Å². The van der Waals surface area contributed by atoms with Crippen LogP contribution in [-0.4, -0.2) is 46.9 Å². The van der Waals surface area contributed by atoms with Crippen molar-refractivity contribution in [2.75, 3.05) is 26.2 Å². The van der Waals surface area contributed by atoms with E-state index >= 15 is 0 Å². The fraction of sp³-hybridized carbons (Fsp3) is 0.273. The number of carbonyl (C=O) groups excluding carboxylic acids is 1. The molecule has 0 bridgehead atoms. The van der Waals surface area contributed by atoms with Gasteiger partial charge in [-0.15, -0.1) is 0 Å². The van der Waals surface area contributed by atoms with Crippen molar-refractivity contribution in [1.29, 1.82) is 0 Å². The van der Waals surface area contributed by atoms with Gasteiger partial charge in [-0.2, -0.15) is 0 Å². The summed E-state index contributed by atoms with van der Waals surface area (Å²) in [7, 11) is 0. The minimum atomic E-state index is -0.167. The fourth-order valence-electron chi connectivity index (χ4n) is 3.59. The Labute approximate surface area is 158 Å². The van der Waals surface area contributed by atoms with Crippen molar-refractivity contribution in [2.24, 2.45) is 0 Å². The molecular weight excluding hydrogens is 341 g/mol. The number of aromatic nitrogens is 1. The summed E-state index contributed by atoms with van der Waals surface area (Å²) >= 11 is 0. The first-order valence-electron chi connectivity index (χ1n) is 9.30. The summed E-state index contributed by atoms with van der Waals surface area (Å²) in [6.45, 7) is 3.56. The Balaban J connectivity index is 1.44. The number of halogens is 1. The molecular formula is C22H22FN3O. The maximum Gasteiger partial charge on any atom is 0.253 e. The van der Waals surface area contributed by atoms with Crippen LogP contribution in [0.5, 0.6) is 0 Å². The standard InChI is InChI=1S/C22H22FN3O/c23-20-7-2-1-5-19(20)16-25-11-4-12-26(14-13-25)22(27)18-8-9-21-17(15-18)6-3-10-24-21/h1-3,5-10,15H,4,11-14,16H2. The van der Waals surface area contributed by atoms with Gasteiger partial charge in [-0.1, -0.05) is 24.3 Å². The van der Waals surface area contributed by atoms with Crippen LogP contribution in [0.2, 0.25) is 0 Å². The first-order valence-corrected chi connectivity index (χ1v) is 9.30. The van der Waals surface area contributed by atoms with Gasteiger partial charge in [0.2, 0.25) is 0 Å². The molecule has 0 N–H and O–H groups in total. The first-order chi connectivity index (χ1) is 13.2. The highest BCUT2D eigenvalue weighted by atomic mass is 19.1. The monoisotopic (exact) mass is 363 g/mol. The number of carbonyl (C=O) groups is 1. The molecule has 4 nitrogen and oxygen atoms in total. The molecule has 3 aromatic rings. The average Bonchev–Trinajstić information content (AvgIpc) is 2.94. The van der Waals surface area contributed by atoms with Crippen LogP contribution in [0.4, 0.5) is 4.39 Å². The molecule has 4 rings (SSSR count). The van der Waals surface area contributed by atoms with Crippen molar-refractivity contribution >= 4 is 16.8 Å². The lowest BCUT2D eigenvalue weighted by molar-refractivity contribution is 0.0761. The number of benzene rings is 2. The lowest BCUT2D eigenvalue weighted by Gasteiger charge is -2.22. The van der Waals surface area contributed by atoms with Crippen molar-refractivity contribution < 1.29 is 9.18 Å². The Morgan fingerprint density at radius 3 is 2.78 bits per heavy atom. The van der Waals surface area contributed by atoms with Gasteiger partial charge in [0.1, 0.15) is 5.82 Å². The number of pyridine rings is 1. The zero-order valence-corrected chi connectivity index (χ0v) is 15.1. The Morgan fingerprint density at radius 1 is 1.00 bits per heavy atom. The van der Waals surface area contributed by atoms with Gasteiger partial charge in [-0.25, -0.2) is 4.39 Å². The van der Waals surface area contributed by atoms with Crippen molar-refractivity contribution in [1.82, 2.24) is 14.8 Å². The predicted octanol–water partition coefficient (Wildman–Crippen LogP) is 3.72. The molecule has 1 fully saturated rings.